The molecule has 0 fully saturated rings. The summed E-state index contributed by atoms with van der Waals surface area (Å²) in [6.45, 7) is 2.06. The van der Waals surface area contributed by atoms with Gasteiger partial charge in [-0.05, 0) is 49.0 Å². The molecule has 1 heterocycles. The van der Waals surface area contributed by atoms with E-state index in [9.17, 15) is 0 Å². The lowest BCUT2D eigenvalue weighted by atomic mass is 10.2. The number of nitrogens with one attached hydrogen (secondary N) is 1. The first-order chi connectivity index (χ1) is 9.65. The number of rotatable bonds is 2. The van der Waals surface area contributed by atoms with E-state index in [-0.39, 0.29) is 0 Å². The predicted octanol–water partition coefficient (Wildman–Crippen LogP) is 4.67. The van der Waals surface area contributed by atoms with E-state index in [1.54, 1.807) is 0 Å². The van der Waals surface area contributed by atoms with Crippen LogP contribution < -0.4 is 0 Å². The SMILES string of the molecule is Cc1cccc(-n2c(-c3ccc(Br)cc3)n[nH]c2=S)c1. The Hall–Kier alpha value is -1.72. The number of nitrogens with zero attached hydrogens (tertiary/aromatic N) is 2. The molecule has 0 saturated carbocycles. The van der Waals surface area contributed by atoms with E-state index < -0.39 is 0 Å². The Morgan fingerprint density at radius 1 is 1.15 bits per heavy atom. The summed E-state index contributed by atoms with van der Waals surface area (Å²) in [5, 5.41) is 7.22. The van der Waals surface area contributed by atoms with Crippen LogP contribution in [0.4, 0.5) is 0 Å². The lowest BCUT2D eigenvalue weighted by Crippen LogP contribution is -1.98. The molecule has 1 aromatic heterocycles. The molecule has 0 unspecified atom stereocenters. The van der Waals surface area contributed by atoms with Gasteiger partial charge in [0.05, 0.1) is 5.69 Å². The van der Waals surface area contributed by atoms with E-state index in [2.05, 4.69) is 45.2 Å². The number of aromatic amines is 1. The molecule has 100 valence electrons. The van der Waals surface area contributed by atoms with Gasteiger partial charge in [-0.3, -0.25) is 9.67 Å². The summed E-state index contributed by atoms with van der Waals surface area (Å²) in [4.78, 5) is 0. The topological polar surface area (TPSA) is 33.6 Å². The highest BCUT2D eigenvalue weighted by atomic mass is 79.9. The molecule has 0 amide bonds. The zero-order valence-corrected chi connectivity index (χ0v) is 13.2. The fourth-order valence-electron chi connectivity index (χ4n) is 2.10. The quantitative estimate of drug-likeness (QED) is 0.684. The zero-order valence-electron chi connectivity index (χ0n) is 10.8. The average molecular weight is 346 g/mol. The highest BCUT2D eigenvalue weighted by Crippen LogP contribution is 2.23. The normalized spacial score (nSPS) is 10.7. The largest absolute Gasteiger partial charge is 0.268 e. The molecule has 20 heavy (non-hydrogen) atoms. The molecule has 0 radical (unpaired) electrons. The van der Waals surface area contributed by atoms with Crippen LogP contribution in [0, 0.1) is 11.7 Å². The van der Waals surface area contributed by atoms with Crippen molar-refractivity contribution in [2.75, 3.05) is 0 Å². The Balaban J connectivity index is 2.20. The number of aromatic nitrogens is 3. The maximum absolute atomic E-state index is 5.36. The molecule has 0 aliphatic carbocycles. The fourth-order valence-corrected chi connectivity index (χ4v) is 2.60. The second kappa shape index (κ2) is 5.34. The molecule has 0 spiro atoms. The predicted molar refractivity (Wildman–Crippen MR) is 86.6 cm³/mol. The molecular weight excluding hydrogens is 334 g/mol. The van der Waals surface area contributed by atoms with E-state index >= 15 is 0 Å². The molecule has 2 aromatic carbocycles. The van der Waals surface area contributed by atoms with Crippen molar-refractivity contribution in [2.45, 2.75) is 6.92 Å². The first-order valence-electron chi connectivity index (χ1n) is 6.15. The van der Waals surface area contributed by atoms with E-state index in [4.69, 9.17) is 12.2 Å². The summed E-state index contributed by atoms with van der Waals surface area (Å²) < 4.78 is 3.58. The summed E-state index contributed by atoms with van der Waals surface area (Å²) in [6, 6.07) is 16.2. The second-order valence-electron chi connectivity index (χ2n) is 4.53. The van der Waals surface area contributed by atoms with Gasteiger partial charge in [0.15, 0.2) is 10.6 Å². The Morgan fingerprint density at radius 3 is 2.60 bits per heavy atom. The van der Waals surface area contributed by atoms with Gasteiger partial charge in [0.2, 0.25) is 0 Å². The van der Waals surface area contributed by atoms with Crippen molar-refractivity contribution in [1.29, 1.82) is 0 Å². The average Bonchev–Trinajstić information content (AvgIpc) is 2.81. The van der Waals surface area contributed by atoms with E-state index in [0.717, 1.165) is 21.5 Å². The van der Waals surface area contributed by atoms with Crippen LogP contribution in [0.1, 0.15) is 5.56 Å². The van der Waals surface area contributed by atoms with Crippen LogP contribution in [-0.2, 0) is 0 Å². The molecule has 0 saturated heterocycles. The molecule has 3 nitrogen and oxygen atoms in total. The van der Waals surface area contributed by atoms with Gasteiger partial charge in [0, 0.05) is 10.0 Å². The number of aryl methyl sites for hydroxylation is 1. The number of H-pyrrole nitrogens is 1. The summed E-state index contributed by atoms with van der Waals surface area (Å²) >= 11 is 8.80. The minimum absolute atomic E-state index is 0.591. The molecule has 3 aromatic rings. The van der Waals surface area contributed by atoms with Crippen molar-refractivity contribution in [1.82, 2.24) is 14.8 Å². The molecule has 1 N–H and O–H groups in total. The van der Waals surface area contributed by atoms with Gasteiger partial charge in [0.25, 0.3) is 0 Å². The van der Waals surface area contributed by atoms with Crippen LogP contribution in [0.3, 0.4) is 0 Å². The molecule has 0 bridgehead atoms. The Bertz CT molecular complexity index is 802. The second-order valence-corrected chi connectivity index (χ2v) is 5.84. The van der Waals surface area contributed by atoms with Crippen molar-refractivity contribution < 1.29 is 0 Å². The molecule has 0 atom stereocenters. The van der Waals surface area contributed by atoms with Crippen molar-refractivity contribution in [2.24, 2.45) is 0 Å². The Labute approximate surface area is 130 Å². The van der Waals surface area contributed by atoms with Crippen molar-refractivity contribution in [3.05, 3.63) is 63.3 Å². The van der Waals surface area contributed by atoms with Crippen molar-refractivity contribution in [3.63, 3.8) is 0 Å². The van der Waals surface area contributed by atoms with Gasteiger partial charge in [-0.15, -0.1) is 0 Å². The van der Waals surface area contributed by atoms with Gasteiger partial charge in [-0.1, -0.05) is 40.2 Å². The monoisotopic (exact) mass is 345 g/mol. The highest BCUT2D eigenvalue weighted by molar-refractivity contribution is 9.10. The van der Waals surface area contributed by atoms with Gasteiger partial charge in [0.1, 0.15) is 0 Å². The number of benzene rings is 2. The van der Waals surface area contributed by atoms with Gasteiger partial charge < -0.3 is 0 Å². The highest BCUT2D eigenvalue weighted by Gasteiger charge is 2.10. The van der Waals surface area contributed by atoms with Gasteiger partial charge in [-0.25, -0.2) is 0 Å². The third kappa shape index (κ3) is 2.46. The van der Waals surface area contributed by atoms with E-state index in [0.29, 0.717) is 4.77 Å². The number of hydrogen-bond acceptors (Lipinski definition) is 2. The Morgan fingerprint density at radius 2 is 1.90 bits per heavy atom. The molecule has 3 rings (SSSR count). The van der Waals surface area contributed by atoms with Crippen LogP contribution in [0.15, 0.2) is 53.0 Å². The van der Waals surface area contributed by atoms with E-state index in [1.807, 2.05) is 41.0 Å². The van der Waals surface area contributed by atoms with Crippen LogP contribution >= 0.6 is 28.1 Å². The molecule has 0 aliphatic heterocycles. The maximum Gasteiger partial charge on any atom is 0.200 e. The third-order valence-corrected chi connectivity index (χ3v) is 3.84. The summed E-state index contributed by atoms with van der Waals surface area (Å²) in [6.07, 6.45) is 0. The number of halogens is 1. The molecular formula is C15H12BrN3S. The fraction of sp³-hybridized carbons (Fsp3) is 0.0667. The van der Waals surface area contributed by atoms with Gasteiger partial charge in [-0.2, -0.15) is 5.10 Å². The summed E-state index contributed by atoms with van der Waals surface area (Å²) in [5.74, 6) is 0.813. The smallest absolute Gasteiger partial charge is 0.200 e. The first kappa shape index (κ1) is 13.3. The summed E-state index contributed by atoms with van der Waals surface area (Å²) in [5.41, 5.74) is 3.22. The van der Waals surface area contributed by atoms with Crippen LogP contribution in [0.2, 0.25) is 0 Å². The van der Waals surface area contributed by atoms with Gasteiger partial charge >= 0.3 is 0 Å². The van der Waals surface area contributed by atoms with Crippen LogP contribution in [-0.4, -0.2) is 14.8 Å². The lowest BCUT2D eigenvalue weighted by Gasteiger charge is -2.07. The van der Waals surface area contributed by atoms with Crippen molar-refractivity contribution >= 4 is 28.1 Å². The minimum atomic E-state index is 0.591. The van der Waals surface area contributed by atoms with Crippen LogP contribution in [0.25, 0.3) is 17.1 Å². The van der Waals surface area contributed by atoms with Crippen molar-refractivity contribution in [3.8, 4) is 17.1 Å². The Kier molecular flexibility index (Phi) is 3.54. The number of hydrogen-bond donors (Lipinski definition) is 1. The standard InChI is InChI=1S/C15H12BrN3S/c1-10-3-2-4-13(9-10)19-14(17-18-15(19)20)11-5-7-12(16)8-6-11/h2-9H,1H3,(H,18,20). The minimum Gasteiger partial charge on any atom is -0.268 e. The van der Waals surface area contributed by atoms with Crippen LogP contribution in [0.5, 0.6) is 0 Å². The zero-order chi connectivity index (χ0) is 14.1. The third-order valence-electron chi connectivity index (χ3n) is 3.03. The van der Waals surface area contributed by atoms with E-state index in [1.165, 1.54) is 5.56 Å². The molecule has 5 heteroatoms. The molecule has 0 aliphatic rings. The first-order valence-corrected chi connectivity index (χ1v) is 7.36. The lowest BCUT2D eigenvalue weighted by molar-refractivity contribution is 1.03. The summed E-state index contributed by atoms with van der Waals surface area (Å²) in [7, 11) is 0. The maximum atomic E-state index is 5.36.